The van der Waals surface area contributed by atoms with E-state index in [1.54, 1.807) is 12.1 Å². The normalized spacial score (nSPS) is 13.5. The Morgan fingerprint density at radius 2 is 1.88 bits per heavy atom. The van der Waals surface area contributed by atoms with Crippen LogP contribution >= 0.6 is 0 Å². The standard InChI is InChI=1S/C19H17FN4O/c20-14-6-4-5-13(11-14)17-18(16(23-24-17)12-9-10-12)22-19(25)21-15-7-2-1-3-8-15/h1-8,11-12H,9-10H2,(H,23,24)(H2,21,22,25). The van der Waals surface area contributed by atoms with Gasteiger partial charge in [-0.2, -0.15) is 5.10 Å². The molecule has 1 aliphatic rings. The minimum absolute atomic E-state index is 0.340. The first-order valence-electron chi connectivity index (χ1n) is 8.18. The van der Waals surface area contributed by atoms with E-state index in [2.05, 4.69) is 20.8 Å². The Morgan fingerprint density at radius 3 is 2.60 bits per heavy atom. The van der Waals surface area contributed by atoms with Crippen molar-refractivity contribution in [1.82, 2.24) is 10.2 Å². The first-order valence-corrected chi connectivity index (χ1v) is 8.18. The van der Waals surface area contributed by atoms with Crippen molar-refractivity contribution < 1.29 is 9.18 Å². The van der Waals surface area contributed by atoms with Gasteiger partial charge in [-0.3, -0.25) is 5.10 Å². The topological polar surface area (TPSA) is 69.8 Å². The van der Waals surface area contributed by atoms with E-state index in [9.17, 15) is 9.18 Å². The van der Waals surface area contributed by atoms with Gasteiger partial charge in [0.05, 0.1) is 11.4 Å². The number of rotatable bonds is 4. The Bertz CT molecular complexity index is 903. The molecule has 1 saturated carbocycles. The van der Waals surface area contributed by atoms with Crippen molar-refractivity contribution in [3.8, 4) is 11.3 Å². The van der Waals surface area contributed by atoms with Crippen LogP contribution in [0.3, 0.4) is 0 Å². The highest BCUT2D eigenvalue weighted by Gasteiger charge is 2.31. The van der Waals surface area contributed by atoms with Gasteiger partial charge in [-0.15, -0.1) is 0 Å². The van der Waals surface area contributed by atoms with E-state index in [1.165, 1.54) is 12.1 Å². The monoisotopic (exact) mass is 336 g/mol. The lowest BCUT2D eigenvalue weighted by molar-refractivity contribution is 0.262. The number of amides is 2. The number of benzene rings is 2. The second-order valence-corrected chi connectivity index (χ2v) is 6.09. The second kappa shape index (κ2) is 6.39. The summed E-state index contributed by atoms with van der Waals surface area (Å²) in [6, 6.07) is 15.0. The molecule has 3 aromatic rings. The van der Waals surface area contributed by atoms with Crippen LogP contribution in [0, 0.1) is 5.82 Å². The fourth-order valence-electron chi connectivity index (χ4n) is 2.79. The maximum absolute atomic E-state index is 13.6. The zero-order valence-corrected chi connectivity index (χ0v) is 13.4. The molecule has 5 nitrogen and oxygen atoms in total. The molecule has 1 heterocycles. The van der Waals surface area contributed by atoms with Gasteiger partial charge in [0, 0.05) is 17.2 Å². The number of aromatic nitrogens is 2. The number of nitrogens with one attached hydrogen (secondary N) is 3. The molecule has 25 heavy (non-hydrogen) atoms. The highest BCUT2D eigenvalue weighted by molar-refractivity contribution is 6.02. The van der Waals surface area contributed by atoms with Gasteiger partial charge in [-0.25, -0.2) is 9.18 Å². The highest BCUT2D eigenvalue weighted by Crippen LogP contribution is 2.45. The molecule has 2 aromatic carbocycles. The summed E-state index contributed by atoms with van der Waals surface area (Å²) in [7, 11) is 0. The van der Waals surface area contributed by atoms with Gasteiger partial charge in [-0.1, -0.05) is 30.3 Å². The quantitative estimate of drug-likeness (QED) is 0.644. The summed E-state index contributed by atoms with van der Waals surface area (Å²) < 4.78 is 13.6. The molecule has 6 heteroatoms. The molecule has 4 rings (SSSR count). The molecular formula is C19H17FN4O. The maximum atomic E-state index is 13.6. The molecule has 126 valence electrons. The average Bonchev–Trinajstić information content (AvgIpc) is 3.37. The zero-order valence-electron chi connectivity index (χ0n) is 13.4. The lowest BCUT2D eigenvalue weighted by Gasteiger charge is -2.10. The van der Waals surface area contributed by atoms with Crippen molar-refractivity contribution in [2.75, 3.05) is 10.6 Å². The number of hydrogen-bond donors (Lipinski definition) is 3. The fourth-order valence-corrected chi connectivity index (χ4v) is 2.79. The number of hydrogen-bond acceptors (Lipinski definition) is 2. The molecule has 3 N–H and O–H groups in total. The number of para-hydroxylation sites is 1. The molecule has 0 saturated heterocycles. The van der Waals surface area contributed by atoms with Crippen LogP contribution in [0.4, 0.5) is 20.6 Å². The Balaban J connectivity index is 1.63. The van der Waals surface area contributed by atoms with Crippen LogP contribution in [0.5, 0.6) is 0 Å². The van der Waals surface area contributed by atoms with Crippen molar-refractivity contribution in [3.05, 3.63) is 66.1 Å². The molecule has 0 radical (unpaired) electrons. The third-order valence-electron chi connectivity index (χ3n) is 4.15. The van der Waals surface area contributed by atoms with Gasteiger partial charge in [0.25, 0.3) is 0 Å². The summed E-state index contributed by atoms with van der Waals surface area (Å²) in [4.78, 5) is 12.4. The number of H-pyrrole nitrogens is 1. The van der Waals surface area contributed by atoms with E-state index in [4.69, 9.17) is 0 Å². The lowest BCUT2D eigenvalue weighted by atomic mass is 10.1. The van der Waals surface area contributed by atoms with Crippen LogP contribution in [0.25, 0.3) is 11.3 Å². The minimum Gasteiger partial charge on any atom is -0.308 e. The van der Waals surface area contributed by atoms with E-state index in [1.807, 2.05) is 30.3 Å². The largest absolute Gasteiger partial charge is 0.323 e. The smallest absolute Gasteiger partial charge is 0.308 e. The Kier molecular flexibility index (Phi) is 3.93. The fraction of sp³-hybridized carbons (Fsp3) is 0.158. The summed E-state index contributed by atoms with van der Waals surface area (Å²) >= 11 is 0. The summed E-state index contributed by atoms with van der Waals surface area (Å²) in [5.74, 6) is 0.0231. The summed E-state index contributed by atoms with van der Waals surface area (Å²) in [5, 5.41) is 13.0. The number of urea groups is 1. The third-order valence-corrected chi connectivity index (χ3v) is 4.15. The number of carbonyl (C=O) groups excluding carboxylic acids is 1. The van der Waals surface area contributed by atoms with E-state index in [-0.39, 0.29) is 11.8 Å². The van der Waals surface area contributed by atoms with Gasteiger partial charge in [0.2, 0.25) is 0 Å². The van der Waals surface area contributed by atoms with Gasteiger partial charge in [0.15, 0.2) is 0 Å². The molecule has 0 aliphatic heterocycles. The molecular weight excluding hydrogens is 319 g/mol. The maximum Gasteiger partial charge on any atom is 0.323 e. The number of anilines is 2. The molecule has 0 atom stereocenters. The van der Waals surface area contributed by atoms with Crippen LogP contribution in [-0.2, 0) is 0 Å². The van der Waals surface area contributed by atoms with Gasteiger partial charge in [-0.05, 0) is 37.1 Å². The summed E-state index contributed by atoms with van der Waals surface area (Å²) in [5.41, 5.74) is 3.37. The van der Waals surface area contributed by atoms with Crippen LogP contribution in [0.1, 0.15) is 24.5 Å². The number of carbonyl (C=O) groups is 1. The summed E-state index contributed by atoms with van der Waals surface area (Å²) in [6.45, 7) is 0. The Hall–Kier alpha value is -3.15. The molecule has 1 aromatic heterocycles. The Morgan fingerprint density at radius 1 is 1.08 bits per heavy atom. The third kappa shape index (κ3) is 3.38. The van der Waals surface area contributed by atoms with Crippen LogP contribution in [-0.4, -0.2) is 16.2 Å². The molecule has 1 fully saturated rings. The van der Waals surface area contributed by atoms with E-state index < -0.39 is 0 Å². The van der Waals surface area contributed by atoms with Crippen LogP contribution in [0.15, 0.2) is 54.6 Å². The second-order valence-electron chi connectivity index (χ2n) is 6.09. The molecule has 1 aliphatic carbocycles. The van der Waals surface area contributed by atoms with E-state index in [0.29, 0.717) is 28.6 Å². The number of aromatic amines is 1. The van der Waals surface area contributed by atoms with Gasteiger partial charge < -0.3 is 10.6 Å². The van der Waals surface area contributed by atoms with Crippen molar-refractivity contribution >= 4 is 17.4 Å². The van der Waals surface area contributed by atoms with Crippen molar-refractivity contribution in [2.24, 2.45) is 0 Å². The molecule has 0 unspecified atom stereocenters. The average molecular weight is 336 g/mol. The van der Waals surface area contributed by atoms with Gasteiger partial charge in [0.1, 0.15) is 11.5 Å². The van der Waals surface area contributed by atoms with Crippen molar-refractivity contribution in [2.45, 2.75) is 18.8 Å². The van der Waals surface area contributed by atoms with Crippen LogP contribution < -0.4 is 10.6 Å². The minimum atomic E-state index is -0.354. The first kappa shape index (κ1) is 15.4. The SMILES string of the molecule is O=C(Nc1ccccc1)Nc1c(-c2cccc(F)c2)n[nH]c1C1CC1. The molecule has 0 spiro atoms. The molecule has 0 bridgehead atoms. The van der Waals surface area contributed by atoms with Gasteiger partial charge >= 0.3 is 6.03 Å². The predicted octanol–water partition coefficient (Wildman–Crippen LogP) is 4.74. The molecule has 2 amide bonds. The van der Waals surface area contributed by atoms with Crippen molar-refractivity contribution in [1.29, 1.82) is 0 Å². The zero-order chi connectivity index (χ0) is 17.2. The first-order chi connectivity index (χ1) is 12.2. The summed E-state index contributed by atoms with van der Waals surface area (Å²) in [6.07, 6.45) is 2.11. The van der Waals surface area contributed by atoms with Crippen molar-refractivity contribution in [3.63, 3.8) is 0 Å². The Labute approximate surface area is 144 Å². The van der Waals surface area contributed by atoms with Crippen LogP contribution in [0.2, 0.25) is 0 Å². The highest BCUT2D eigenvalue weighted by atomic mass is 19.1. The number of nitrogens with zero attached hydrogens (tertiary/aromatic N) is 1. The predicted molar refractivity (Wildman–Crippen MR) is 95.0 cm³/mol. The van der Waals surface area contributed by atoms with E-state index >= 15 is 0 Å². The number of halogens is 1. The van der Waals surface area contributed by atoms with E-state index in [0.717, 1.165) is 18.5 Å². The lowest BCUT2D eigenvalue weighted by Crippen LogP contribution is -2.20.